The molecule has 0 aliphatic rings. The van der Waals surface area contributed by atoms with Gasteiger partial charge in [-0.25, -0.2) is 0 Å². The molecular weight excluding hydrogens is 428 g/mol. The van der Waals surface area contributed by atoms with Gasteiger partial charge >= 0.3 is 0 Å². The smallest absolute Gasteiger partial charge is 0.200 e. The second-order valence-electron chi connectivity index (χ2n) is 7.34. The van der Waals surface area contributed by atoms with E-state index in [0.29, 0.717) is 35.7 Å². The van der Waals surface area contributed by atoms with E-state index in [0.717, 1.165) is 5.56 Å². The van der Waals surface area contributed by atoms with Crippen molar-refractivity contribution < 1.29 is 24.2 Å². The molecule has 0 aliphatic heterocycles. The van der Waals surface area contributed by atoms with Crippen LogP contribution in [-0.4, -0.2) is 29.9 Å². The molecule has 0 saturated carbocycles. The number of ketones is 2. The normalized spacial score (nSPS) is 10.6. The minimum absolute atomic E-state index is 0.0776. The van der Waals surface area contributed by atoms with Crippen LogP contribution >= 0.6 is 0 Å². The standard InChI is InChI=1S/C29H26O5/c1-3-10-21-16-17-26(31)24(20-21)29(32)23-12-6-8-15-28(23)34-19-9-13-25(30)22-11-5-7-14-27(22)33-18-4-2/h3-9,11-17,20,31H,1-2,10,18-19H2. The largest absolute Gasteiger partial charge is 0.507 e. The van der Waals surface area contributed by atoms with Crippen LogP contribution in [0.4, 0.5) is 0 Å². The van der Waals surface area contributed by atoms with Crippen molar-refractivity contribution in [1.82, 2.24) is 0 Å². The summed E-state index contributed by atoms with van der Waals surface area (Å²) < 4.78 is 11.3. The highest BCUT2D eigenvalue weighted by atomic mass is 16.5. The van der Waals surface area contributed by atoms with Crippen LogP contribution in [0.1, 0.15) is 31.8 Å². The van der Waals surface area contributed by atoms with Gasteiger partial charge in [0.05, 0.1) is 16.7 Å². The minimum atomic E-state index is -0.354. The van der Waals surface area contributed by atoms with E-state index in [4.69, 9.17) is 9.47 Å². The van der Waals surface area contributed by atoms with E-state index in [1.807, 2.05) is 0 Å². The molecule has 1 N–H and O–H groups in total. The molecule has 3 rings (SSSR count). The third-order valence-corrected chi connectivity index (χ3v) is 4.93. The monoisotopic (exact) mass is 454 g/mol. The van der Waals surface area contributed by atoms with Crippen molar-refractivity contribution in [3.8, 4) is 17.2 Å². The van der Waals surface area contributed by atoms with E-state index in [1.54, 1.807) is 78.9 Å². The summed E-state index contributed by atoms with van der Waals surface area (Å²) in [6.07, 6.45) is 6.91. The maximum absolute atomic E-state index is 13.1. The van der Waals surface area contributed by atoms with Gasteiger partial charge in [-0.1, -0.05) is 49.1 Å². The van der Waals surface area contributed by atoms with Crippen LogP contribution in [0.5, 0.6) is 17.2 Å². The van der Waals surface area contributed by atoms with Gasteiger partial charge in [0.15, 0.2) is 11.6 Å². The van der Waals surface area contributed by atoms with Crippen molar-refractivity contribution >= 4 is 11.6 Å². The van der Waals surface area contributed by atoms with E-state index in [9.17, 15) is 14.7 Å². The lowest BCUT2D eigenvalue weighted by Crippen LogP contribution is -2.07. The van der Waals surface area contributed by atoms with Crippen LogP contribution in [0, 0.1) is 0 Å². The molecule has 0 aromatic heterocycles. The van der Waals surface area contributed by atoms with Crippen molar-refractivity contribution in [3.63, 3.8) is 0 Å². The Kier molecular flexibility index (Phi) is 8.58. The highest BCUT2D eigenvalue weighted by Crippen LogP contribution is 2.27. The van der Waals surface area contributed by atoms with E-state index in [1.165, 1.54) is 12.1 Å². The Morgan fingerprint density at radius 3 is 2.15 bits per heavy atom. The number of carbonyl (C=O) groups excluding carboxylic acids is 2. The number of para-hydroxylation sites is 2. The average molecular weight is 455 g/mol. The van der Waals surface area contributed by atoms with Gasteiger partial charge in [0.25, 0.3) is 0 Å². The van der Waals surface area contributed by atoms with Crippen LogP contribution in [0.15, 0.2) is 104 Å². The molecule has 0 spiro atoms. The second-order valence-corrected chi connectivity index (χ2v) is 7.34. The molecule has 0 amide bonds. The quantitative estimate of drug-likeness (QED) is 0.215. The molecule has 0 heterocycles. The number of aromatic hydroxyl groups is 1. The lowest BCUT2D eigenvalue weighted by molar-refractivity contribution is 0.102. The molecule has 0 aliphatic carbocycles. The van der Waals surface area contributed by atoms with Crippen LogP contribution in [0.3, 0.4) is 0 Å². The number of phenolic OH excluding ortho intramolecular Hbond substituents is 1. The number of ether oxygens (including phenoxy) is 2. The summed E-state index contributed by atoms with van der Waals surface area (Å²) in [6.45, 7) is 7.70. The molecular formula is C29H26O5. The van der Waals surface area contributed by atoms with Gasteiger partial charge in [-0.15, -0.1) is 6.58 Å². The number of phenols is 1. The molecule has 5 nitrogen and oxygen atoms in total. The summed E-state index contributed by atoms with van der Waals surface area (Å²) in [6, 6.07) is 18.7. The molecule has 34 heavy (non-hydrogen) atoms. The lowest BCUT2D eigenvalue weighted by Gasteiger charge is -2.11. The molecule has 3 aromatic carbocycles. The molecule has 0 fully saturated rings. The summed E-state index contributed by atoms with van der Waals surface area (Å²) >= 11 is 0. The first kappa shape index (κ1) is 24.3. The first-order valence-electron chi connectivity index (χ1n) is 10.8. The Morgan fingerprint density at radius 2 is 1.44 bits per heavy atom. The molecule has 3 aromatic rings. The number of allylic oxidation sites excluding steroid dienone is 2. The van der Waals surface area contributed by atoms with Gasteiger partial charge in [0.2, 0.25) is 0 Å². The van der Waals surface area contributed by atoms with Gasteiger partial charge in [0, 0.05) is 0 Å². The molecule has 0 bridgehead atoms. The maximum atomic E-state index is 13.1. The van der Waals surface area contributed by atoms with Crippen LogP contribution in [0.2, 0.25) is 0 Å². The fraction of sp³-hybridized carbons (Fsp3) is 0.103. The zero-order valence-electron chi connectivity index (χ0n) is 18.8. The Balaban J connectivity index is 1.72. The van der Waals surface area contributed by atoms with Crippen LogP contribution < -0.4 is 9.47 Å². The fourth-order valence-corrected chi connectivity index (χ4v) is 3.31. The number of rotatable bonds is 12. The van der Waals surface area contributed by atoms with Crippen molar-refractivity contribution in [2.45, 2.75) is 6.42 Å². The molecule has 0 radical (unpaired) electrons. The van der Waals surface area contributed by atoms with Crippen LogP contribution in [-0.2, 0) is 6.42 Å². The van der Waals surface area contributed by atoms with Crippen molar-refractivity contribution in [3.05, 3.63) is 126 Å². The SMILES string of the molecule is C=CCOc1ccccc1C(=O)C=CCOc1ccccc1C(=O)c1cc(CC=C)ccc1O. The first-order chi connectivity index (χ1) is 16.5. The van der Waals surface area contributed by atoms with Crippen molar-refractivity contribution in [2.75, 3.05) is 13.2 Å². The topological polar surface area (TPSA) is 72.8 Å². The third-order valence-electron chi connectivity index (χ3n) is 4.93. The second kappa shape index (κ2) is 12.0. The highest BCUT2D eigenvalue weighted by Gasteiger charge is 2.18. The summed E-state index contributed by atoms with van der Waals surface area (Å²) in [5.74, 6) is 0.152. The molecule has 0 atom stereocenters. The Hall–Kier alpha value is -4.38. The third kappa shape index (κ3) is 6.11. The number of benzene rings is 3. The van der Waals surface area contributed by atoms with E-state index < -0.39 is 0 Å². The highest BCUT2D eigenvalue weighted by molar-refractivity contribution is 6.12. The zero-order chi connectivity index (χ0) is 24.3. The van der Waals surface area contributed by atoms with Gasteiger partial charge < -0.3 is 14.6 Å². The number of carbonyl (C=O) groups is 2. The van der Waals surface area contributed by atoms with Gasteiger partial charge in [-0.05, 0) is 60.5 Å². The predicted molar refractivity (Wildman–Crippen MR) is 133 cm³/mol. The Morgan fingerprint density at radius 1 is 0.794 bits per heavy atom. The predicted octanol–water partition coefficient (Wildman–Crippen LogP) is 5.73. The first-order valence-corrected chi connectivity index (χ1v) is 10.8. The van der Waals surface area contributed by atoms with E-state index in [-0.39, 0.29) is 29.5 Å². The summed E-state index contributed by atoms with van der Waals surface area (Å²) in [4.78, 5) is 25.7. The molecule has 172 valence electrons. The summed E-state index contributed by atoms with van der Waals surface area (Å²) in [5.41, 5.74) is 1.81. The zero-order valence-corrected chi connectivity index (χ0v) is 18.8. The van der Waals surface area contributed by atoms with Gasteiger partial charge in [-0.2, -0.15) is 0 Å². The van der Waals surface area contributed by atoms with Gasteiger partial charge in [-0.3, -0.25) is 9.59 Å². The molecule has 0 unspecified atom stereocenters. The summed E-state index contributed by atoms with van der Waals surface area (Å²) in [7, 11) is 0. The number of hydrogen-bond acceptors (Lipinski definition) is 5. The maximum Gasteiger partial charge on any atom is 0.200 e. The van der Waals surface area contributed by atoms with Gasteiger partial charge in [0.1, 0.15) is 30.5 Å². The van der Waals surface area contributed by atoms with Crippen LogP contribution in [0.25, 0.3) is 0 Å². The van der Waals surface area contributed by atoms with E-state index in [2.05, 4.69) is 13.2 Å². The number of hydrogen-bond donors (Lipinski definition) is 1. The average Bonchev–Trinajstić information content (AvgIpc) is 2.86. The Labute approximate surface area is 199 Å². The fourth-order valence-electron chi connectivity index (χ4n) is 3.31. The van der Waals surface area contributed by atoms with Crippen molar-refractivity contribution in [1.29, 1.82) is 0 Å². The minimum Gasteiger partial charge on any atom is -0.507 e. The van der Waals surface area contributed by atoms with E-state index >= 15 is 0 Å². The lowest BCUT2D eigenvalue weighted by atomic mass is 9.98. The van der Waals surface area contributed by atoms with Crippen molar-refractivity contribution in [2.24, 2.45) is 0 Å². The molecule has 5 heteroatoms. The molecule has 0 saturated heterocycles. The summed E-state index contributed by atoms with van der Waals surface area (Å²) in [5, 5.41) is 10.2. The Bertz CT molecular complexity index is 1220.